The summed E-state index contributed by atoms with van der Waals surface area (Å²) >= 11 is 5.96. The Morgan fingerprint density at radius 2 is 2.00 bits per heavy atom. The molecular formula is C14H22ClNO. The Hall–Kier alpha value is -0.730. The number of aryl methyl sites for hydroxylation is 1. The lowest BCUT2D eigenvalue weighted by molar-refractivity contribution is 0.253. The van der Waals surface area contributed by atoms with Gasteiger partial charge in [0.25, 0.3) is 0 Å². The minimum atomic E-state index is 0.494. The second-order valence-corrected chi connectivity index (χ2v) is 5.30. The molecule has 1 aromatic rings. The molecule has 0 saturated carbocycles. The molecule has 0 amide bonds. The van der Waals surface area contributed by atoms with Crippen LogP contribution >= 0.6 is 11.6 Å². The minimum absolute atomic E-state index is 0.494. The summed E-state index contributed by atoms with van der Waals surface area (Å²) in [5, 5.41) is 4.19. The minimum Gasteiger partial charge on any atom is -0.493 e. The molecule has 1 atom stereocenters. The lowest BCUT2D eigenvalue weighted by Gasteiger charge is -2.16. The van der Waals surface area contributed by atoms with Gasteiger partial charge >= 0.3 is 0 Å². The van der Waals surface area contributed by atoms with Crippen LogP contribution in [0.3, 0.4) is 0 Å². The second-order valence-electron chi connectivity index (χ2n) is 4.89. The van der Waals surface area contributed by atoms with Crippen LogP contribution in [0.15, 0.2) is 18.2 Å². The zero-order valence-corrected chi connectivity index (χ0v) is 11.8. The summed E-state index contributed by atoms with van der Waals surface area (Å²) in [5.74, 6) is 1.39. The van der Waals surface area contributed by atoms with Crippen LogP contribution in [0.2, 0.25) is 5.02 Å². The summed E-state index contributed by atoms with van der Waals surface area (Å²) in [6.07, 6.45) is 0. The van der Waals surface area contributed by atoms with Gasteiger partial charge in [0.15, 0.2) is 0 Å². The molecule has 1 N–H and O–H groups in total. The molecule has 0 aliphatic carbocycles. The van der Waals surface area contributed by atoms with Crippen molar-refractivity contribution in [3.8, 4) is 5.75 Å². The van der Waals surface area contributed by atoms with Crippen molar-refractivity contribution in [2.24, 2.45) is 5.92 Å². The maximum Gasteiger partial charge on any atom is 0.119 e. The van der Waals surface area contributed by atoms with E-state index < -0.39 is 0 Å². The lowest BCUT2D eigenvalue weighted by Crippen LogP contribution is -2.30. The van der Waals surface area contributed by atoms with E-state index in [-0.39, 0.29) is 0 Å². The van der Waals surface area contributed by atoms with Crippen molar-refractivity contribution in [2.45, 2.75) is 33.7 Å². The molecule has 17 heavy (non-hydrogen) atoms. The average molecular weight is 256 g/mol. The zero-order valence-electron chi connectivity index (χ0n) is 11.1. The van der Waals surface area contributed by atoms with Crippen molar-refractivity contribution in [1.29, 1.82) is 0 Å². The first-order chi connectivity index (χ1) is 7.99. The molecule has 1 rings (SSSR count). The molecule has 0 aromatic heterocycles. The highest BCUT2D eigenvalue weighted by Crippen LogP contribution is 2.21. The third-order valence-corrected chi connectivity index (χ3v) is 2.96. The molecule has 1 unspecified atom stereocenters. The molecule has 0 heterocycles. The van der Waals surface area contributed by atoms with E-state index >= 15 is 0 Å². The number of hydrogen-bond acceptors (Lipinski definition) is 2. The summed E-state index contributed by atoms with van der Waals surface area (Å²) in [5.41, 5.74) is 1.05. The first-order valence-electron chi connectivity index (χ1n) is 6.11. The summed E-state index contributed by atoms with van der Waals surface area (Å²) in [6.45, 7) is 10.2. The van der Waals surface area contributed by atoms with Crippen molar-refractivity contribution < 1.29 is 4.74 Å². The van der Waals surface area contributed by atoms with Gasteiger partial charge in [-0.25, -0.2) is 0 Å². The van der Waals surface area contributed by atoms with Gasteiger partial charge in [0, 0.05) is 23.5 Å². The van der Waals surface area contributed by atoms with Crippen molar-refractivity contribution in [1.82, 2.24) is 5.32 Å². The van der Waals surface area contributed by atoms with Crippen LogP contribution in [0.25, 0.3) is 0 Å². The Labute approximate surface area is 109 Å². The third-order valence-electron chi connectivity index (χ3n) is 2.54. The van der Waals surface area contributed by atoms with Crippen LogP contribution in [0.4, 0.5) is 0 Å². The standard InChI is InChI=1S/C14H22ClNO/c1-10(2)16-8-11(3)9-17-13-5-6-14(15)12(4)7-13/h5-7,10-11,16H,8-9H2,1-4H3. The number of rotatable bonds is 6. The fraction of sp³-hybridized carbons (Fsp3) is 0.571. The largest absolute Gasteiger partial charge is 0.493 e. The van der Waals surface area contributed by atoms with Crippen molar-refractivity contribution in [3.05, 3.63) is 28.8 Å². The SMILES string of the molecule is Cc1cc(OCC(C)CNC(C)C)ccc1Cl. The summed E-state index contributed by atoms with van der Waals surface area (Å²) < 4.78 is 5.74. The van der Waals surface area contributed by atoms with Crippen LogP contribution in [0, 0.1) is 12.8 Å². The Balaban J connectivity index is 2.36. The Bertz CT molecular complexity index is 352. The van der Waals surface area contributed by atoms with E-state index in [1.807, 2.05) is 25.1 Å². The number of nitrogens with one attached hydrogen (secondary N) is 1. The Morgan fingerprint density at radius 1 is 1.29 bits per heavy atom. The quantitative estimate of drug-likeness (QED) is 0.838. The van der Waals surface area contributed by atoms with Gasteiger partial charge in [0.05, 0.1) is 6.61 Å². The second kappa shape index (κ2) is 6.87. The number of hydrogen-bond donors (Lipinski definition) is 1. The van der Waals surface area contributed by atoms with Crippen molar-refractivity contribution in [3.63, 3.8) is 0 Å². The van der Waals surface area contributed by atoms with Crippen LogP contribution in [0.5, 0.6) is 5.75 Å². The monoisotopic (exact) mass is 255 g/mol. The molecule has 96 valence electrons. The van der Waals surface area contributed by atoms with Gasteiger partial charge in [-0.15, -0.1) is 0 Å². The van der Waals surface area contributed by atoms with E-state index in [9.17, 15) is 0 Å². The Kier molecular flexibility index (Phi) is 5.79. The van der Waals surface area contributed by atoms with Crippen LogP contribution < -0.4 is 10.1 Å². The first kappa shape index (κ1) is 14.3. The molecule has 0 saturated heterocycles. The molecule has 0 aliphatic rings. The molecule has 1 aromatic carbocycles. The number of benzene rings is 1. The lowest BCUT2D eigenvalue weighted by atomic mass is 10.2. The highest BCUT2D eigenvalue weighted by atomic mass is 35.5. The van der Waals surface area contributed by atoms with E-state index in [0.29, 0.717) is 12.0 Å². The van der Waals surface area contributed by atoms with E-state index in [1.165, 1.54) is 0 Å². The normalized spacial score (nSPS) is 12.8. The van der Waals surface area contributed by atoms with Gasteiger partial charge < -0.3 is 10.1 Å². The molecule has 0 aliphatic heterocycles. The van der Waals surface area contributed by atoms with Gasteiger partial charge in [-0.3, -0.25) is 0 Å². The molecule has 0 radical (unpaired) electrons. The summed E-state index contributed by atoms with van der Waals surface area (Å²) in [7, 11) is 0. The van der Waals surface area contributed by atoms with Crippen LogP contribution in [0.1, 0.15) is 26.3 Å². The molecule has 0 spiro atoms. The van der Waals surface area contributed by atoms with Gasteiger partial charge in [0.2, 0.25) is 0 Å². The van der Waals surface area contributed by atoms with E-state index in [0.717, 1.165) is 29.5 Å². The topological polar surface area (TPSA) is 21.3 Å². The fourth-order valence-corrected chi connectivity index (χ4v) is 1.56. The van der Waals surface area contributed by atoms with Crippen LogP contribution in [-0.2, 0) is 0 Å². The van der Waals surface area contributed by atoms with Gasteiger partial charge in [-0.1, -0.05) is 32.4 Å². The highest BCUT2D eigenvalue weighted by molar-refractivity contribution is 6.31. The predicted molar refractivity (Wildman–Crippen MR) is 74.0 cm³/mol. The Morgan fingerprint density at radius 3 is 2.59 bits per heavy atom. The average Bonchev–Trinajstić information content (AvgIpc) is 2.28. The number of ether oxygens (including phenoxy) is 1. The van der Waals surface area contributed by atoms with Crippen molar-refractivity contribution in [2.75, 3.05) is 13.2 Å². The molecular weight excluding hydrogens is 234 g/mol. The van der Waals surface area contributed by atoms with E-state index in [4.69, 9.17) is 16.3 Å². The summed E-state index contributed by atoms with van der Waals surface area (Å²) in [4.78, 5) is 0. The predicted octanol–water partition coefficient (Wildman–Crippen LogP) is 3.66. The van der Waals surface area contributed by atoms with Crippen molar-refractivity contribution >= 4 is 11.6 Å². The van der Waals surface area contributed by atoms with Crippen LogP contribution in [-0.4, -0.2) is 19.2 Å². The summed E-state index contributed by atoms with van der Waals surface area (Å²) in [6, 6.07) is 6.29. The maximum atomic E-state index is 5.96. The fourth-order valence-electron chi connectivity index (χ4n) is 1.44. The zero-order chi connectivity index (χ0) is 12.8. The molecule has 3 heteroatoms. The maximum absolute atomic E-state index is 5.96. The molecule has 0 fully saturated rings. The number of halogens is 1. The van der Waals surface area contributed by atoms with Gasteiger partial charge in [-0.2, -0.15) is 0 Å². The molecule has 2 nitrogen and oxygen atoms in total. The van der Waals surface area contributed by atoms with Gasteiger partial charge in [-0.05, 0) is 30.7 Å². The first-order valence-corrected chi connectivity index (χ1v) is 6.49. The smallest absolute Gasteiger partial charge is 0.119 e. The van der Waals surface area contributed by atoms with E-state index in [2.05, 4.69) is 26.1 Å². The van der Waals surface area contributed by atoms with Gasteiger partial charge in [0.1, 0.15) is 5.75 Å². The molecule has 0 bridgehead atoms. The third kappa shape index (κ3) is 5.42. The highest BCUT2D eigenvalue weighted by Gasteiger charge is 2.05. The van der Waals surface area contributed by atoms with E-state index in [1.54, 1.807) is 0 Å².